The number of allylic oxidation sites excluding steroid dienone is 1. The van der Waals surface area contributed by atoms with Gasteiger partial charge in [-0.05, 0) is 13.8 Å². The highest BCUT2D eigenvalue weighted by atomic mass is 16.3. The summed E-state index contributed by atoms with van der Waals surface area (Å²) in [6.07, 6.45) is 2.96. The van der Waals surface area contributed by atoms with Crippen LogP contribution in [0.3, 0.4) is 0 Å². The Morgan fingerprint density at radius 1 is 1.78 bits per heavy atom. The van der Waals surface area contributed by atoms with Crippen LogP contribution in [-0.2, 0) is 4.79 Å². The smallest absolute Gasteiger partial charge is 0.132 e. The highest BCUT2D eigenvalue weighted by Gasteiger charge is 2.00. The summed E-state index contributed by atoms with van der Waals surface area (Å²) in [5, 5.41) is 8.91. The molecule has 0 bridgehead atoms. The fourth-order valence-corrected chi connectivity index (χ4v) is 0.585. The van der Waals surface area contributed by atoms with E-state index >= 15 is 0 Å². The minimum Gasteiger partial charge on any atom is -0.389 e. The van der Waals surface area contributed by atoms with Gasteiger partial charge in [-0.2, -0.15) is 0 Å². The maximum Gasteiger partial charge on any atom is 0.132 e. The fraction of sp³-hybridized carbons (Fsp3) is 0.571. The van der Waals surface area contributed by atoms with Crippen LogP contribution in [0.5, 0.6) is 0 Å². The van der Waals surface area contributed by atoms with Crippen molar-refractivity contribution < 1.29 is 9.90 Å². The second kappa shape index (κ2) is 4.27. The summed E-state index contributed by atoms with van der Waals surface area (Å²) in [6, 6.07) is 0. The summed E-state index contributed by atoms with van der Waals surface area (Å²) in [5.41, 5.74) is 0. The first-order valence-corrected chi connectivity index (χ1v) is 2.97. The molecule has 0 saturated carbocycles. The average molecular weight is 128 g/mol. The molecule has 0 saturated heterocycles. The van der Waals surface area contributed by atoms with E-state index in [0.29, 0.717) is 0 Å². The van der Waals surface area contributed by atoms with Crippen LogP contribution in [0.1, 0.15) is 20.3 Å². The molecule has 0 heterocycles. The molecule has 0 aromatic rings. The molecule has 0 rings (SSSR count). The van der Waals surface area contributed by atoms with Gasteiger partial charge in [-0.3, -0.25) is 4.79 Å². The Morgan fingerprint density at radius 3 is 2.67 bits per heavy atom. The Bertz CT molecular complexity index is 116. The van der Waals surface area contributed by atoms with Crippen LogP contribution in [-0.4, -0.2) is 17.0 Å². The van der Waals surface area contributed by atoms with Crippen molar-refractivity contribution in [3.05, 3.63) is 12.2 Å². The van der Waals surface area contributed by atoms with Crippen molar-refractivity contribution in [2.45, 2.75) is 26.4 Å². The number of rotatable bonds is 3. The summed E-state index contributed by atoms with van der Waals surface area (Å²) in [4.78, 5) is 10.3. The quantitative estimate of drug-likeness (QED) is 0.573. The molecular weight excluding hydrogens is 116 g/mol. The van der Waals surface area contributed by atoms with Gasteiger partial charge in [-0.1, -0.05) is 12.2 Å². The minimum atomic E-state index is -0.590. The Balaban J connectivity index is 3.50. The number of hydrogen-bond donors (Lipinski definition) is 1. The number of aliphatic hydroxyl groups is 1. The number of Topliss-reactive ketones (excluding diaryl/α,β-unsaturated/α-hetero) is 1. The average Bonchev–Trinajstić information content (AvgIpc) is 1.63. The van der Waals surface area contributed by atoms with Crippen molar-refractivity contribution in [3.8, 4) is 0 Å². The monoisotopic (exact) mass is 128 g/mol. The van der Waals surface area contributed by atoms with Crippen LogP contribution < -0.4 is 0 Å². The standard InChI is InChI=1S/C7H12O2/c1-3-4-7(9)5-6(2)8/h3-4,7,9H,5H2,1-2H3. The van der Waals surface area contributed by atoms with Crippen LogP contribution in [0, 0.1) is 0 Å². The summed E-state index contributed by atoms with van der Waals surface area (Å²) in [5.74, 6) is 0.0144. The first kappa shape index (κ1) is 8.37. The third kappa shape index (κ3) is 5.24. The van der Waals surface area contributed by atoms with Crippen molar-refractivity contribution in [2.75, 3.05) is 0 Å². The molecule has 0 radical (unpaired) electrons. The lowest BCUT2D eigenvalue weighted by Crippen LogP contribution is -2.06. The second-order valence-electron chi connectivity index (χ2n) is 2.00. The fourth-order valence-electron chi connectivity index (χ4n) is 0.585. The maximum atomic E-state index is 10.3. The van der Waals surface area contributed by atoms with Crippen molar-refractivity contribution in [1.82, 2.24) is 0 Å². The van der Waals surface area contributed by atoms with Gasteiger partial charge >= 0.3 is 0 Å². The molecule has 0 aliphatic heterocycles. The second-order valence-corrected chi connectivity index (χ2v) is 2.00. The normalized spacial score (nSPS) is 14.1. The molecule has 1 atom stereocenters. The van der Waals surface area contributed by atoms with Gasteiger partial charge in [0.1, 0.15) is 5.78 Å². The van der Waals surface area contributed by atoms with Gasteiger partial charge in [0.25, 0.3) is 0 Å². The lowest BCUT2D eigenvalue weighted by atomic mass is 10.2. The van der Waals surface area contributed by atoms with Crippen LogP contribution >= 0.6 is 0 Å². The van der Waals surface area contributed by atoms with Crippen LogP contribution in [0.2, 0.25) is 0 Å². The molecule has 0 aromatic heterocycles. The summed E-state index contributed by atoms with van der Waals surface area (Å²) >= 11 is 0. The zero-order valence-corrected chi connectivity index (χ0v) is 5.79. The van der Waals surface area contributed by atoms with Gasteiger partial charge in [0.05, 0.1) is 6.10 Å². The maximum absolute atomic E-state index is 10.3. The number of carbonyl (C=O) groups is 1. The van der Waals surface area contributed by atoms with Crippen LogP contribution in [0.15, 0.2) is 12.2 Å². The molecule has 0 aliphatic rings. The number of hydrogen-bond acceptors (Lipinski definition) is 2. The number of ketones is 1. The molecule has 2 nitrogen and oxygen atoms in total. The van der Waals surface area contributed by atoms with Gasteiger partial charge in [-0.25, -0.2) is 0 Å². The molecule has 0 fully saturated rings. The molecular formula is C7H12O2. The largest absolute Gasteiger partial charge is 0.389 e. The topological polar surface area (TPSA) is 37.3 Å². The zero-order chi connectivity index (χ0) is 7.28. The molecule has 1 unspecified atom stereocenters. The van der Waals surface area contributed by atoms with E-state index in [4.69, 9.17) is 5.11 Å². The molecule has 0 spiro atoms. The van der Waals surface area contributed by atoms with Crippen molar-refractivity contribution >= 4 is 5.78 Å². The predicted molar refractivity (Wildman–Crippen MR) is 36.1 cm³/mol. The third-order valence-corrected chi connectivity index (χ3v) is 0.911. The Kier molecular flexibility index (Phi) is 3.97. The molecule has 9 heavy (non-hydrogen) atoms. The molecule has 1 N–H and O–H groups in total. The summed E-state index contributed by atoms with van der Waals surface area (Å²) < 4.78 is 0. The van der Waals surface area contributed by atoms with Gasteiger partial charge < -0.3 is 5.11 Å². The number of carbonyl (C=O) groups excluding carboxylic acids is 1. The predicted octanol–water partition coefficient (Wildman–Crippen LogP) is 0.903. The van der Waals surface area contributed by atoms with Crippen molar-refractivity contribution in [2.24, 2.45) is 0 Å². The molecule has 52 valence electrons. The van der Waals surface area contributed by atoms with E-state index in [9.17, 15) is 4.79 Å². The lowest BCUT2D eigenvalue weighted by Gasteiger charge is -1.98. The molecule has 0 amide bonds. The van der Waals surface area contributed by atoms with E-state index in [0.717, 1.165) is 0 Å². The SMILES string of the molecule is CC=CC(O)CC(C)=O. The lowest BCUT2D eigenvalue weighted by molar-refractivity contribution is -0.118. The van der Waals surface area contributed by atoms with Gasteiger partial charge in [0, 0.05) is 6.42 Å². The van der Waals surface area contributed by atoms with Crippen LogP contribution in [0.25, 0.3) is 0 Å². The van der Waals surface area contributed by atoms with E-state index in [1.54, 1.807) is 12.2 Å². The highest BCUT2D eigenvalue weighted by molar-refractivity contribution is 5.76. The Morgan fingerprint density at radius 2 is 2.33 bits per heavy atom. The first-order valence-electron chi connectivity index (χ1n) is 2.97. The minimum absolute atomic E-state index is 0.0144. The van der Waals surface area contributed by atoms with Crippen molar-refractivity contribution in [1.29, 1.82) is 0 Å². The van der Waals surface area contributed by atoms with Crippen molar-refractivity contribution in [3.63, 3.8) is 0 Å². The molecule has 0 aliphatic carbocycles. The molecule has 0 aromatic carbocycles. The van der Waals surface area contributed by atoms with Gasteiger partial charge in [-0.15, -0.1) is 0 Å². The third-order valence-electron chi connectivity index (χ3n) is 0.911. The van der Waals surface area contributed by atoms with Gasteiger partial charge in [0.2, 0.25) is 0 Å². The summed E-state index contributed by atoms with van der Waals surface area (Å²) in [6.45, 7) is 3.27. The summed E-state index contributed by atoms with van der Waals surface area (Å²) in [7, 11) is 0. The van der Waals surface area contributed by atoms with Crippen LogP contribution in [0.4, 0.5) is 0 Å². The highest BCUT2D eigenvalue weighted by Crippen LogP contribution is 1.93. The van der Waals surface area contributed by atoms with E-state index in [1.165, 1.54) is 6.92 Å². The first-order chi connectivity index (χ1) is 4.16. The van der Waals surface area contributed by atoms with E-state index in [2.05, 4.69) is 0 Å². The van der Waals surface area contributed by atoms with E-state index in [-0.39, 0.29) is 12.2 Å². The Hall–Kier alpha value is -0.630. The van der Waals surface area contributed by atoms with Gasteiger partial charge in [0.15, 0.2) is 0 Å². The van der Waals surface area contributed by atoms with E-state index < -0.39 is 6.10 Å². The zero-order valence-electron chi connectivity index (χ0n) is 5.79. The molecule has 2 heteroatoms. The number of aliphatic hydroxyl groups excluding tert-OH is 1. The Labute approximate surface area is 55.2 Å². The van der Waals surface area contributed by atoms with E-state index in [1.807, 2.05) is 6.92 Å².